The number of amides is 1. The first-order chi connectivity index (χ1) is 13.2. The van der Waals surface area contributed by atoms with Gasteiger partial charge in [-0.1, -0.05) is 60.3 Å². The number of hydrogen-bond donors (Lipinski definition) is 2. The normalized spacial score (nSPS) is 15.6. The Morgan fingerprint density at radius 1 is 1.07 bits per heavy atom. The summed E-state index contributed by atoms with van der Waals surface area (Å²) >= 11 is 1.52. The van der Waals surface area contributed by atoms with E-state index in [9.17, 15) is 4.79 Å². The number of benzene rings is 2. The molecule has 0 aliphatic carbocycles. The Morgan fingerprint density at radius 3 is 2.37 bits per heavy atom. The lowest BCUT2D eigenvalue weighted by Crippen LogP contribution is -3.12. The number of rotatable bonds is 5. The van der Waals surface area contributed by atoms with Crippen LogP contribution in [0.4, 0.5) is 5.69 Å². The molecule has 142 valence electrons. The standard InChI is InChI=1S/C21H26N4OS/c1-24-12-14-25(15-13-24)21(23-19-10-6-3-7-11-19)27-17-20(26)22-16-18-8-4-2-5-9-18/h2-11H,12-17H2,1H3,(H,22,26)/p+1. The molecule has 5 nitrogen and oxygen atoms in total. The van der Waals surface area contributed by atoms with Crippen LogP contribution in [0.1, 0.15) is 5.56 Å². The van der Waals surface area contributed by atoms with Crippen LogP contribution in [0.25, 0.3) is 0 Å². The van der Waals surface area contributed by atoms with Gasteiger partial charge in [-0.25, -0.2) is 4.99 Å². The van der Waals surface area contributed by atoms with Crippen LogP contribution < -0.4 is 10.2 Å². The third kappa shape index (κ3) is 6.41. The Kier molecular flexibility index (Phi) is 7.30. The Labute approximate surface area is 165 Å². The second-order valence-corrected chi connectivity index (χ2v) is 7.67. The fourth-order valence-corrected chi connectivity index (χ4v) is 3.76. The molecule has 0 unspecified atom stereocenters. The van der Waals surface area contributed by atoms with E-state index in [-0.39, 0.29) is 5.91 Å². The first-order valence-electron chi connectivity index (χ1n) is 9.34. The number of nitrogens with zero attached hydrogens (tertiary/aromatic N) is 2. The summed E-state index contributed by atoms with van der Waals surface area (Å²) in [6.07, 6.45) is 0. The van der Waals surface area contributed by atoms with Crippen LogP contribution >= 0.6 is 11.8 Å². The summed E-state index contributed by atoms with van der Waals surface area (Å²) in [7, 11) is 2.22. The van der Waals surface area contributed by atoms with Crippen LogP contribution in [0, 0.1) is 0 Å². The van der Waals surface area contributed by atoms with Crippen LogP contribution in [0.5, 0.6) is 0 Å². The average molecular weight is 384 g/mol. The number of hydrogen-bond acceptors (Lipinski definition) is 3. The van der Waals surface area contributed by atoms with Crippen molar-refractivity contribution in [3.05, 3.63) is 66.2 Å². The maximum atomic E-state index is 12.3. The quantitative estimate of drug-likeness (QED) is 0.609. The molecule has 1 heterocycles. The number of piperazine rings is 1. The third-order valence-corrected chi connectivity index (χ3v) is 5.55. The lowest BCUT2D eigenvalue weighted by molar-refractivity contribution is -0.883. The second kappa shape index (κ2) is 10.1. The van der Waals surface area contributed by atoms with Crippen molar-refractivity contribution < 1.29 is 9.69 Å². The molecule has 1 fully saturated rings. The number of quaternary nitrogens is 1. The topological polar surface area (TPSA) is 49.1 Å². The zero-order chi connectivity index (χ0) is 18.9. The minimum absolute atomic E-state index is 0.0318. The Bertz CT molecular complexity index is 743. The van der Waals surface area contributed by atoms with Crippen LogP contribution in [0.2, 0.25) is 0 Å². The van der Waals surface area contributed by atoms with Crippen LogP contribution in [0.3, 0.4) is 0 Å². The van der Waals surface area contributed by atoms with Gasteiger partial charge < -0.3 is 15.1 Å². The summed E-state index contributed by atoms with van der Waals surface area (Å²) in [5.74, 6) is 0.405. The maximum absolute atomic E-state index is 12.3. The first-order valence-corrected chi connectivity index (χ1v) is 10.3. The molecule has 0 bridgehead atoms. The third-order valence-electron chi connectivity index (χ3n) is 4.53. The lowest BCUT2D eigenvalue weighted by Gasteiger charge is -2.32. The van der Waals surface area contributed by atoms with E-state index in [0.29, 0.717) is 12.3 Å². The van der Waals surface area contributed by atoms with Gasteiger partial charge in [0.25, 0.3) is 0 Å². The van der Waals surface area contributed by atoms with Gasteiger partial charge in [0.05, 0.1) is 44.7 Å². The van der Waals surface area contributed by atoms with E-state index < -0.39 is 0 Å². The van der Waals surface area contributed by atoms with Crippen molar-refractivity contribution >= 4 is 28.5 Å². The highest BCUT2D eigenvalue weighted by Gasteiger charge is 2.21. The first kappa shape index (κ1) is 19.5. The van der Waals surface area contributed by atoms with E-state index >= 15 is 0 Å². The minimum atomic E-state index is 0.0318. The molecule has 1 aliphatic rings. The molecule has 27 heavy (non-hydrogen) atoms. The van der Waals surface area contributed by atoms with Gasteiger partial charge >= 0.3 is 0 Å². The van der Waals surface area contributed by atoms with E-state index in [1.165, 1.54) is 16.7 Å². The summed E-state index contributed by atoms with van der Waals surface area (Å²) in [6, 6.07) is 19.9. The number of carbonyl (C=O) groups excluding carboxylic acids is 1. The Morgan fingerprint density at radius 2 is 1.70 bits per heavy atom. The van der Waals surface area contributed by atoms with Crippen molar-refractivity contribution in [1.29, 1.82) is 0 Å². The minimum Gasteiger partial charge on any atom is -0.351 e. The molecule has 1 saturated heterocycles. The number of thioether (sulfide) groups is 1. The Hall–Kier alpha value is -2.31. The molecule has 0 spiro atoms. The van der Waals surface area contributed by atoms with Gasteiger partial charge in [-0.2, -0.15) is 0 Å². The molecule has 0 aromatic heterocycles. The molecule has 2 N–H and O–H groups in total. The van der Waals surface area contributed by atoms with E-state index in [1.807, 2.05) is 60.7 Å². The lowest BCUT2D eigenvalue weighted by atomic mass is 10.2. The molecular weight excluding hydrogens is 356 g/mol. The van der Waals surface area contributed by atoms with Crippen molar-refractivity contribution in [3.63, 3.8) is 0 Å². The zero-order valence-corrected chi connectivity index (χ0v) is 16.5. The molecule has 1 amide bonds. The van der Waals surface area contributed by atoms with Crippen LogP contribution in [-0.4, -0.2) is 55.0 Å². The summed E-state index contributed by atoms with van der Waals surface area (Å²) in [5, 5.41) is 3.92. The van der Waals surface area contributed by atoms with E-state index in [0.717, 1.165) is 42.6 Å². The van der Waals surface area contributed by atoms with E-state index in [4.69, 9.17) is 4.99 Å². The highest BCUT2D eigenvalue weighted by Crippen LogP contribution is 2.17. The molecule has 2 aromatic carbocycles. The van der Waals surface area contributed by atoms with Crippen LogP contribution in [0.15, 0.2) is 65.7 Å². The second-order valence-electron chi connectivity index (χ2n) is 6.73. The molecule has 3 rings (SSSR count). The highest BCUT2D eigenvalue weighted by atomic mass is 32.2. The van der Waals surface area contributed by atoms with Crippen LogP contribution in [-0.2, 0) is 11.3 Å². The van der Waals surface area contributed by atoms with Gasteiger partial charge in [0.2, 0.25) is 5.91 Å². The fourth-order valence-electron chi connectivity index (χ4n) is 2.86. The molecule has 0 radical (unpaired) electrons. The van der Waals surface area contributed by atoms with Gasteiger partial charge in [-0.15, -0.1) is 0 Å². The maximum Gasteiger partial charge on any atom is 0.230 e. The fraction of sp³-hybridized carbons (Fsp3) is 0.333. The number of nitrogens with one attached hydrogen (secondary N) is 2. The van der Waals surface area contributed by atoms with Crippen molar-refractivity contribution in [2.24, 2.45) is 4.99 Å². The van der Waals surface area contributed by atoms with Crippen molar-refractivity contribution in [2.75, 3.05) is 39.0 Å². The SMILES string of the molecule is C[NH+]1CCN(C(=Nc2ccccc2)SCC(=O)NCc2ccccc2)CC1. The number of likely N-dealkylation sites (N-methyl/N-ethyl adjacent to an activating group) is 1. The summed E-state index contributed by atoms with van der Waals surface area (Å²) in [4.78, 5) is 21.0. The summed E-state index contributed by atoms with van der Waals surface area (Å²) in [5.41, 5.74) is 2.03. The monoisotopic (exact) mass is 383 g/mol. The molecule has 0 atom stereocenters. The van der Waals surface area contributed by atoms with Crippen molar-refractivity contribution in [1.82, 2.24) is 10.2 Å². The van der Waals surface area contributed by atoms with Crippen molar-refractivity contribution in [3.8, 4) is 0 Å². The smallest absolute Gasteiger partial charge is 0.230 e. The molecular formula is C21H27N4OS+. The predicted molar refractivity (Wildman–Crippen MR) is 112 cm³/mol. The largest absolute Gasteiger partial charge is 0.351 e. The Balaban J connectivity index is 1.59. The number of carbonyl (C=O) groups is 1. The van der Waals surface area contributed by atoms with Gasteiger partial charge in [0.15, 0.2) is 5.17 Å². The van der Waals surface area contributed by atoms with Gasteiger partial charge in [0.1, 0.15) is 0 Å². The average Bonchev–Trinajstić information content (AvgIpc) is 2.72. The zero-order valence-electron chi connectivity index (χ0n) is 15.7. The number of amidine groups is 1. The molecule has 1 aliphatic heterocycles. The number of para-hydroxylation sites is 1. The summed E-state index contributed by atoms with van der Waals surface area (Å²) in [6.45, 7) is 4.68. The molecule has 2 aromatic rings. The molecule has 6 heteroatoms. The van der Waals surface area contributed by atoms with Crippen molar-refractivity contribution in [2.45, 2.75) is 6.54 Å². The van der Waals surface area contributed by atoms with E-state index in [2.05, 4.69) is 17.3 Å². The summed E-state index contributed by atoms with van der Waals surface area (Å²) < 4.78 is 0. The van der Waals surface area contributed by atoms with Gasteiger partial charge in [0, 0.05) is 6.54 Å². The van der Waals surface area contributed by atoms with Gasteiger partial charge in [-0.05, 0) is 17.7 Å². The predicted octanol–water partition coefficient (Wildman–Crippen LogP) is 1.55. The van der Waals surface area contributed by atoms with Gasteiger partial charge in [-0.3, -0.25) is 4.79 Å². The number of aliphatic imine (C=N–C) groups is 1. The highest BCUT2D eigenvalue weighted by molar-refractivity contribution is 8.14. The molecule has 0 saturated carbocycles. The van der Waals surface area contributed by atoms with E-state index in [1.54, 1.807) is 0 Å².